The Morgan fingerprint density at radius 2 is 1.92 bits per heavy atom. The summed E-state index contributed by atoms with van der Waals surface area (Å²) in [6.07, 6.45) is 12.3. The predicted octanol–water partition coefficient (Wildman–Crippen LogP) is 3.04. The van der Waals surface area contributed by atoms with Crippen LogP contribution in [-0.4, -0.2) is 44.7 Å². The fraction of sp³-hybridized carbons (Fsp3) is 0.750. The number of aliphatic hydroxyl groups is 3. The van der Waals surface area contributed by atoms with Crippen LogP contribution in [-0.2, 0) is 4.79 Å². The van der Waals surface area contributed by atoms with Gasteiger partial charge in [0.15, 0.2) is 0 Å². The summed E-state index contributed by atoms with van der Waals surface area (Å²) >= 11 is 0. The van der Waals surface area contributed by atoms with Crippen molar-refractivity contribution < 1.29 is 25.2 Å². The van der Waals surface area contributed by atoms with E-state index in [1.165, 1.54) is 0 Å². The van der Waals surface area contributed by atoms with Crippen molar-refractivity contribution in [3.05, 3.63) is 24.3 Å². The second-order valence-corrected chi connectivity index (χ2v) is 7.05. The second kappa shape index (κ2) is 12.2. The standard InChI is InChI=1S/C20H34O5/c1-2-3-6-9-15(21)12-13-17-16(18(22)14-19(17)23)10-7-4-5-8-11-20(24)25/h4,7,12-13,15-19,21-23H,2-3,5-6,8-11,14H2,1H3,(H,24,25)/b7-4-,13-12+/t15?,16-,17-,18?,19?/m1/s1. The topological polar surface area (TPSA) is 98.0 Å². The third-order valence-electron chi connectivity index (χ3n) is 4.91. The van der Waals surface area contributed by atoms with Crippen molar-refractivity contribution in [1.82, 2.24) is 0 Å². The highest BCUT2D eigenvalue weighted by Gasteiger charge is 2.39. The van der Waals surface area contributed by atoms with E-state index in [0.29, 0.717) is 25.7 Å². The Morgan fingerprint density at radius 3 is 2.60 bits per heavy atom. The van der Waals surface area contributed by atoms with Crippen molar-refractivity contribution in [3.8, 4) is 0 Å². The van der Waals surface area contributed by atoms with E-state index in [-0.39, 0.29) is 18.3 Å². The number of aliphatic carboxylic acids is 1. The van der Waals surface area contributed by atoms with Gasteiger partial charge in [-0.25, -0.2) is 0 Å². The average Bonchev–Trinajstić information content (AvgIpc) is 2.82. The summed E-state index contributed by atoms with van der Waals surface area (Å²) in [4.78, 5) is 10.5. The van der Waals surface area contributed by atoms with E-state index in [2.05, 4.69) is 6.92 Å². The number of carboxylic acids is 1. The van der Waals surface area contributed by atoms with Gasteiger partial charge in [-0.05, 0) is 31.6 Å². The van der Waals surface area contributed by atoms with Gasteiger partial charge in [-0.1, -0.05) is 50.5 Å². The lowest BCUT2D eigenvalue weighted by molar-refractivity contribution is -0.137. The molecule has 0 bridgehead atoms. The Labute approximate surface area is 151 Å². The van der Waals surface area contributed by atoms with Crippen LogP contribution < -0.4 is 0 Å². The summed E-state index contributed by atoms with van der Waals surface area (Å²) in [5.41, 5.74) is 0. The maximum atomic E-state index is 10.5. The molecule has 0 aliphatic heterocycles. The highest BCUT2D eigenvalue weighted by atomic mass is 16.4. The van der Waals surface area contributed by atoms with Gasteiger partial charge in [0.25, 0.3) is 0 Å². The van der Waals surface area contributed by atoms with Crippen molar-refractivity contribution in [2.75, 3.05) is 0 Å². The third-order valence-corrected chi connectivity index (χ3v) is 4.91. The number of aliphatic hydroxyl groups excluding tert-OH is 3. The summed E-state index contributed by atoms with van der Waals surface area (Å²) in [7, 11) is 0. The van der Waals surface area contributed by atoms with E-state index in [4.69, 9.17) is 5.11 Å². The van der Waals surface area contributed by atoms with Crippen LogP contribution in [0, 0.1) is 11.8 Å². The molecular weight excluding hydrogens is 320 g/mol. The van der Waals surface area contributed by atoms with Crippen molar-refractivity contribution in [3.63, 3.8) is 0 Å². The summed E-state index contributed by atoms with van der Waals surface area (Å²) in [6.45, 7) is 2.12. The molecule has 0 aromatic rings. The molecule has 4 N–H and O–H groups in total. The summed E-state index contributed by atoms with van der Waals surface area (Å²) in [6, 6.07) is 0. The first-order chi connectivity index (χ1) is 12.0. The number of hydrogen-bond acceptors (Lipinski definition) is 4. The van der Waals surface area contributed by atoms with Crippen LogP contribution >= 0.6 is 0 Å². The smallest absolute Gasteiger partial charge is 0.303 e. The summed E-state index contributed by atoms with van der Waals surface area (Å²) in [5, 5.41) is 39.0. The number of unbranched alkanes of at least 4 members (excludes halogenated alkanes) is 3. The first-order valence-corrected chi connectivity index (χ1v) is 9.55. The van der Waals surface area contributed by atoms with E-state index in [0.717, 1.165) is 25.7 Å². The van der Waals surface area contributed by atoms with Gasteiger partial charge in [-0.2, -0.15) is 0 Å². The van der Waals surface area contributed by atoms with Gasteiger partial charge in [-0.15, -0.1) is 0 Å². The molecule has 1 fully saturated rings. The third kappa shape index (κ3) is 8.66. The van der Waals surface area contributed by atoms with E-state index < -0.39 is 24.3 Å². The first kappa shape index (κ1) is 21.9. The predicted molar refractivity (Wildman–Crippen MR) is 98.1 cm³/mol. The summed E-state index contributed by atoms with van der Waals surface area (Å²) < 4.78 is 0. The fourth-order valence-electron chi connectivity index (χ4n) is 3.41. The molecule has 5 heteroatoms. The van der Waals surface area contributed by atoms with E-state index >= 15 is 0 Å². The van der Waals surface area contributed by atoms with Crippen molar-refractivity contribution >= 4 is 5.97 Å². The molecule has 1 rings (SSSR count). The molecule has 0 radical (unpaired) electrons. The molecule has 5 atom stereocenters. The van der Waals surface area contributed by atoms with Crippen LogP contribution in [0.5, 0.6) is 0 Å². The molecule has 0 spiro atoms. The molecule has 1 aliphatic rings. The average molecular weight is 354 g/mol. The molecular formula is C20H34O5. The number of rotatable bonds is 12. The summed E-state index contributed by atoms with van der Waals surface area (Å²) in [5.74, 6) is -1.00. The minimum absolute atomic E-state index is 0.0650. The highest BCUT2D eigenvalue weighted by Crippen LogP contribution is 2.36. The van der Waals surface area contributed by atoms with Crippen LogP contribution in [0.1, 0.15) is 64.7 Å². The molecule has 1 aliphatic carbocycles. The lowest BCUT2D eigenvalue weighted by Crippen LogP contribution is -2.20. The molecule has 0 aromatic heterocycles. The van der Waals surface area contributed by atoms with Gasteiger partial charge in [0.05, 0.1) is 18.3 Å². The zero-order valence-electron chi connectivity index (χ0n) is 15.3. The molecule has 25 heavy (non-hydrogen) atoms. The van der Waals surface area contributed by atoms with Gasteiger partial charge in [-0.3, -0.25) is 4.79 Å². The van der Waals surface area contributed by atoms with E-state index in [9.17, 15) is 20.1 Å². The molecule has 0 amide bonds. The maximum absolute atomic E-state index is 10.5. The maximum Gasteiger partial charge on any atom is 0.303 e. The number of allylic oxidation sites excluding steroid dienone is 2. The molecule has 0 aromatic carbocycles. The van der Waals surface area contributed by atoms with Crippen LogP contribution in [0.4, 0.5) is 0 Å². The van der Waals surface area contributed by atoms with Gasteiger partial charge in [0, 0.05) is 18.8 Å². The number of carboxylic acid groups (broad SMARTS) is 1. The molecule has 1 saturated carbocycles. The largest absolute Gasteiger partial charge is 0.481 e. The fourth-order valence-corrected chi connectivity index (χ4v) is 3.41. The Kier molecular flexibility index (Phi) is 10.7. The van der Waals surface area contributed by atoms with E-state index in [1.807, 2.05) is 18.2 Å². The minimum Gasteiger partial charge on any atom is -0.481 e. The quantitative estimate of drug-likeness (QED) is 0.319. The first-order valence-electron chi connectivity index (χ1n) is 9.55. The molecule has 144 valence electrons. The SMILES string of the molecule is CCCCCC(O)/C=C/[C@H]1C(O)CC(O)[C@@H]1C/C=C\CCCC(=O)O. The molecule has 0 saturated heterocycles. The molecule has 0 heterocycles. The Balaban J connectivity index is 2.46. The number of carbonyl (C=O) groups is 1. The highest BCUT2D eigenvalue weighted by molar-refractivity contribution is 5.66. The normalized spacial score (nSPS) is 28.2. The van der Waals surface area contributed by atoms with E-state index in [1.54, 1.807) is 6.08 Å². The van der Waals surface area contributed by atoms with Gasteiger partial charge in [0.2, 0.25) is 0 Å². The van der Waals surface area contributed by atoms with Gasteiger partial charge >= 0.3 is 5.97 Å². The van der Waals surface area contributed by atoms with Crippen LogP contribution in [0.2, 0.25) is 0 Å². The second-order valence-electron chi connectivity index (χ2n) is 7.05. The Bertz CT molecular complexity index is 432. The lowest BCUT2D eigenvalue weighted by atomic mass is 9.89. The Hall–Kier alpha value is -1.17. The zero-order valence-corrected chi connectivity index (χ0v) is 15.3. The van der Waals surface area contributed by atoms with Crippen molar-refractivity contribution in [2.24, 2.45) is 11.8 Å². The van der Waals surface area contributed by atoms with Crippen LogP contribution in [0.25, 0.3) is 0 Å². The van der Waals surface area contributed by atoms with Gasteiger partial charge < -0.3 is 20.4 Å². The molecule has 3 unspecified atom stereocenters. The number of hydrogen-bond donors (Lipinski definition) is 4. The van der Waals surface area contributed by atoms with Crippen molar-refractivity contribution in [1.29, 1.82) is 0 Å². The lowest BCUT2D eigenvalue weighted by Gasteiger charge is -2.19. The van der Waals surface area contributed by atoms with Crippen LogP contribution in [0.3, 0.4) is 0 Å². The monoisotopic (exact) mass is 354 g/mol. The minimum atomic E-state index is -0.787. The Morgan fingerprint density at radius 1 is 1.16 bits per heavy atom. The van der Waals surface area contributed by atoms with Crippen LogP contribution in [0.15, 0.2) is 24.3 Å². The van der Waals surface area contributed by atoms with Crippen molar-refractivity contribution in [2.45, 2.75) is 83.0 Å². The molecule has 5 nitrogen and oxygen atoms in total. The van der Waals surface area contributed by atoms with Gasteiger partial charge in [0.1, 0.15) is 0 Å². The zero-order chi connectivity index (χ0) is 18.7.